The van der Waals surface area contributed by atoms with Gasteiger partial charge in [-0.15, -0.1) is 11.3 Å². The van der Waals surface area contributed by atoms with Gasteiger partial charge in [0.2, 0.25) is 5.91 Å². The van der Waals surface area contributed by atoms with E-state index in [1.54, 1.807) is 12.1 Å². The van der Waals surface area contributed by atoms with Crippen molar-refractivity contribution in [2.75, 3.05) is 19.6 Å². The molecule has 1 N–H and O–H groups in total. The Morgan fingerprint density at radius 2 is 1.80 bits per heavy atom. The minimum atomic E-state index is -0.295. The molecule has 1 aliphatic heterocycles. The van der Waals surface area contributed by atoms with Crippen LogP contribution in [0.5, 0.6) is 0 Å². The fourth-order valence-electron chi connectivity index (χ4n) is 4.58. The van der Waals surface area contributed by atoms with Crippen molar-refractivity contribution < 1.29 is 14.0 Å². The van der Waals surface area contributed by atoms with Gasteiger partial charge in [0.1, 0.15) is 15.7 Å². The third-order valence-electron chi connectivity index (χ3n) is 6.81. The van der Waals surface area contributed by atoms with Crippen LogP contribution in [0.2, 0.25) is 0 Å². The van der Waals surface area contributed by atoms with Crippen molar-refractivity contribution in [2.24, 2.45) is 11.8 Å². The number of piperidine rings is 1. The maximum atomic E-state index is 13.2. The molecular weight excluding hydrogens is 461 g/mol. The number of likely N-dealkylation sites (tertiary alicyclic amines) is 1. The van der Waals surface area contributed by atoms with E-state index in [0.717, 1.165) is 36.3 Å². The van der Waals surface area contributed by atoms with Crippen LogP contribution in [0.4, 0.5) is 4.39 Å². The normalized spacial score (nSPS) is 15.1. The summed E-state index contributed by atoms with van der Waals surface area (Å²) in [5.74, 6) is -0.00379. The summed E-state index contributed by atoms with van der Waals surface area (Å²) < 4.78 is 13.2. The molecule has 5 nitrogen and oxygen atoms in total. The number of hydrogen-bond donors (Lipinski definition) is 1. The zero-order chi connectivity index (χ0) is 24.8. The SMILES string of the molecule is Cc1nc(-c2ccc(F)cc2)sc1C(=O)N1CCC(C(C)C(=O)NCCCc2ccccc2)CC1. The van der Waals surface area contributed by atoms with Gasteiger partial charge >= 0.3 is 0 Å². The smallest absolute Gasteiger partial charge is 0.265 e. The van der Waals surface area contributed by atoms with Gasteiger partial charge in [-0.2, -0.15) is 0 Å². The lowest BCUT2D eigenvalue weighted by Gasteiger charge is -2.34. The van der Waals surface area contributed by atoms with Gasteiger partial charge in [0.05, 0.1) is 5.69 Å². The highest BCUT2D eigenvalue weighted by Crippen LogP contribution is 2.31. The summed E-state index contributed by atoms with van der Waals surface area (Å²) in [5, 5.41) is 3.81. The number of thiazole rings is 1. The van der Waals surface area contributed by atoms with E-state index in [-0.39, 0.29) is 29.5 Å². The number of nitrogens with zero attached hydrogens (tertiary/aromatic N) is 2. The highest BCUT2D eigenvalue weighted by molar-refractivity contribution is 7.17. The standard InChI is InChI=1S/C28H32FN3O2S/c1-19(26(33)30-16-6-9-21-7-4-3-5-8-21)22-14-17-32(18-15-22)28(34)25-20(2)31-27(35-25)23-10-12-24(29)13-11-23/h3-5,7-8,10-13,19,22H,6,9,14-18H2,1-2H3,(H,30,33). The van der Waals surface area contributed by atoms with Crippen LogP contribution in [0.3, 0.4) is 0 Å². The van der Waals surface area contributed by atoms with Crippen LogP contribution in [-0.2, 0) is 11.2 Å². The Balaban J connectivity index is 1.25. The fraction of sp³-hybridized carbons (Fsp3) is 0.393. The monoisotopic (exact) mass is 493 g/mol. The van der Waals surface area contributed by atoms with Crippen molar-refractivity contribution in [1.82, 2.24) is 15.2 Å². The van der Waals surface area contributed by atoms with Gasteiger partial charge in [-0.05, 0) is 68.4 Å². The van der Waals surface area contributed by atoms with Crippen LogP contribution < -0.4 is 5.32 Å². The molecule has 1 aromatic heterocycles. The number of aromatic nitrogens is 1. The van der Waals surface area contributed by atoms with Crippen molar-refractivity contribution in [1.29, 1.82) is 0 Å². The first-order valence-corrected chi connectivity index (χ1v) is 13.1. The summed E-state index contributed by atoms with van der Waals surface area (Å²) in [6.07, 6.45) is 3.50. The molecule has 2 amide bonds. The average molecular weight is 494 g/mol. The van der Waals surface area contributed by atoms with Crippen molar-refractivity contribution in [3.63, 3.8) is 0 Å². The first-order chi connectivity index (χ1) is 16.9. The zero-order valence-corrected chi connectivity index (χ0v) is 21.1. The van der Waals surface area contributed by atoms with Gasteiger partial charge in [0, 0.05) is 31.1 Å². The zero-order valence-electron chi connectivity index (χ0n) is 20.3. The summed E-state index contributed by atoms with van der Waals surface area (Å²) in [7, 11) is 0. The maximum absolute atomic E-state index is 13.2. The summed E-state index contributed by atoms with van der Waals surface area (Å²) >= 11 is 1.35. The molecule has 2 aromatic carbocycles. The molecular formula is C28H32FN3O2S. The lowest BCUT2D eigenvalue weighted by molar-refractivity contribution is -0.126. The Labute approximate surface area is 210 Å². The Bertz CT molecular complexity index is 1140. The number of carbonyl (C=O) groups is 2. The Morgan fingerprint density at radius 1 is 1.11 bits per heavy atom. The van der Waals surface area contributed by atoms with Crippen molar-refractivity contribution in [3.8, 4) is 10.6 Å². The summed E-state index contributed by atoms with van der Waals surface area (Å²) in [5.41, 5.74) is 2.79. The van der Waals surface area contributed by atoms with Gasteiger partial charge < -0.3 is 10.2 Å². The molecule has 0 radical (unpaired) electrons. The maximum Gasteiger partial charge on any atom is 0.265 e. The molecule has 2 heterocycles. The van der Waals surface area contributed by atoms with Crippen LogP contribution in [0.15, 0.2) is 54.6 Å². The summed E-state index contributed by atoms with van der Waals surface area (Å²) in [6, 6.07) is 16.5. The van der Waals surface area contributed by atoms with Crippen molar-refractivity contribution >= 4 is 23.2 Å². The molecule has 35 heavy (non-hydrogen) atoms. The van der Waals surface area contributed by atoms with E-state index < -0.39 is 0 Å². The minimum Gasteiger partial charge on any atom is -0.356 e. The number of benzene rings is 2. The second kappa shape index (κ2) is 11.6. The van der Waals surface area contributed by atoms with Crippen LogP contribution in [0.1, 0.15) is 47.1 Å². The highest BCUT2D eigenvalue weighted by atomic mass is 32.1. The van der Waals surface area contributed by atoms with Gasteiger partial charge in [-0.3, -0.25) is 9.59 Å². The van der Waals surface area contributed by atoms with Gasteiger partial charge in [0.25, 0.3) is 5.91 Å². The van der Waals surface area contributed by atoms with Crippen LogP contribution >= 0.6 is 11.3 Å². The van der Waals surface area contributed by atoms with E-state index in [9.17, 15) is 14.0 Å². The molecule has 0 spiro atoms. The molecule has 1 aliphatic rings. The molecule has 1 unspecified atom stereocenters. The molecule has 184 valence electrons. The average Bonchev–Trinajstić information content (AvgIpc) is 3.28. The molecule has 0 bridgehead atoms. The fourth-order valence-corrected chi connectivity index (χ4v) is 5.62. The summed E-state index contributed by atoms with van der Waals surface area (Å²) in [4.78, 5) is 32.9. The second-order valence-corrected chi connectivity index (χ2v) is 10.2. The van der Waals surface area contributed by atoms with E-state index in [4.69, 9.17) is 0 Å². The molecule has 3 aromatic rings. The largest absolute Gasteiger partial charge is 0.356 e. The minimum absolute atomic E-state index is 0.00942. The quantitative estimate of drug-likeness (QED) is 0.422. The van der Waals surface area contributed by atoms with E-state index in [2.05, 4.69) is 22.4 Å². The second-order valence-electron chi connectivity index (χ2n) is 9.24. The molecule has 1 fully saturated rings. The summed E-state index contributed by atoms with van der Waals surface area (Å²) in [6.45, 7) is 5.79. The van der Waals surface area contributed by atoms with E-state index in [1.807, 2.05) is 36.9 Å². The van der Waals surface area contributed by atoms with E-state index in [0.29, 0.717) is 30.2 Å². The highest BCUT2D eigenvalue weighted by Gasteiger charge is 2.31. The lowest BCUT2D eigenvalue weighted by atomic mass is 9.84. The van der Waals surface area contributed by atoms with Gasteiger partial charge in [-0.25, -0.2) is 9.37 Å². The number of aryl methyl sites for hydroxylation is 2. The third-order valence-corrected chi connectivity index (χ3v) is 8.01. The number of nitrogens with one attached hydrogen (secondary N) is 1. The number of rotatable bonds is 8. The van der Waals surface area contributed by atoms with Crippen LogP contribution in [-0.4, -0.2) is 41.3 Å². The Hall–Kier alpha value is -3.06. The number of halogens is 1. The van der Waals surface area contributed by atoms with Gasteiger partial charge in [-0.1, -0.05) is 37.3 Å². The molecule has 0 saturated carbocycles. The van der Waals surface area contributed by atoms with Crippen LogP contribution in [0, 0.1) is 24.6 Å². The Kier molecular flexibility index (Phi) is 8.29. The molecule has 4 rings (SSSR count). The number of carbonyl (C=O) groups excluding carboxylic acids is 2. The van der Waals surface area contributed by atoms with E-state index >= 15 is 0 Å². The van der Waals surface area contributed by atoms with Crippen molar-refractivity contribution in [2.45, 2.75) is 39.5 Å². The molecule has 1 saturated heterocycles. The third kappa shape index (κ3) is 6.34. The predicted molar refractivity (Wildman–Crippen MR) is 138 cm³/mol. The molecule has 0 aliphatic carbocycles. The molecule has 7 heteroatoms. The first-order valence-electron chi connectivity index (χ1n) is 12.3. The van der Waals surface area contributed by atoms with Gasteiger partial charge in [0.15, 0.2) is 0 Å². The molecule has 1 atom stereocenters. The van der Waals surface area contributed by atoms with Crippen molar-refractivity contribution in [3.05, 3.63) is 76.5 Å². The lowest BCUT2D eigenvalue weighted by Crippen LogP contribution is -2.42. The number of amides is 2. The topological polar surface area (TPSA) is 62.3 Å². The first kappa shape index (κ1) is 25.0. The Morgan fingerprint density at radius 3 is 2.49 bits per heavy atom. The predicted octanol–water partition coefficient (Wildman–Crippen LogP) is 5.49. The van der Waals surface area contributed by atoms with Crippen LogP contribution in [0.25, 0.3) is 10.6 Å². The number of hydrogen-bond acceptors (Lipinski definition) is 4. The van der Waals surface area contributed by atoms with E-state index in [1.165, 1.54) is 29.0 Å².